The molecule has 0 radical (unpaired) electrons. The summed E-state index contributed by atoms with van der Waals surface area (Å²) in [6.07, 6.45) is 6.64. The van der Waals surface area contributed by atoms with Crippen LogP contribution in [0, 0.1) is 0 Å². The molecule has 4 aromatic rings. The van der Waals surface area contributed by atoms with Crippen LogP contribution in [0.1, 0.15) is 108 Å². The van der Waals surface area contributed by atoms with Crippen molar-refractivity contribution in [3.8, 4) is 5.75 Å². The summed E-state index contributed by atoms with van der Waals surface area (Å²) in [6.45, 7) is 3.08. The number of likely N-dealkylation sites (N-methyl/N-ethyl adjacent to an activating group) is 1. The second-order valence-corrected chi connectivity index (χ2v) is 14.2. The summed E-state index contributed by atoms with van der Waals surface area (Å²) in [5.41, 5.74) is 7.48. The number of unbranched alkanes of at least 4 members (excludes halogenated alkanes) is 4. The number of fused-ring (bicyclic) bond motifs is 1. The van der Waals surface area contributed by atoms with Crippen LogP contribution >= 0.6 is 0 Å². The van der Waals surface area contributed by atoms with Crippen LogP contribution in [0.15, 0.2) is 103 Å². The molecule has 0 aromatic heterocycles. The Morgan fingerprint density at radius 2 is 1.42 bits per heavy atom. The summed E-state index contributed by atoms with van der Waals surface area (Å²) in [7, 11) is 1.81. The van der Waals surface area contributed by atoms with Crippen molar-refractivity contribution in [1.29, 1.82) is 0 Å². The Morgan fingerprint density at radius 1 is 0.764 bits per heavy atom. The normalized spacial score (nSPS) is 15.7. The van der Waals surface area contributed by atoms with E-state index in [1.807, 2.05) is 37.4 Å². The summed E-state index contributed by atoms with van der Waals surface area (Å²) in [6, 6.07) is 33.5. The molecule has 1 atom stereocenters. The Morgan fingerprint density at radius 3 is 2.11 bits per heavy atom. The molecule has 1 fully saturated rings. The van der Waals surface area contributed by atoms with Gasteiger partial charge in [0.15, 0.2) is 0 Å². The third kappa shape index (κ3) is 9.28. The number of hydrogen-bond donors (Lipinski definition) is 1. The number of piperidine rings is 1. The van der Waals surface area contributed by atoms with Gasteiger partial charge < -0.3 is 9.64 Å². The fourth-order valence-corrected chi connectivity index (χ4v) is 7.53. The van der Waals surface area contributed by atoms with Crippen LogP contribution in [-0.4, -0.2) is 65.6 Å². The molecular formula is C46H49N3O6. The zero-order valence-electron chi connectivity index (χ0n) is 31.7. The first-order chi connectivity index (χ1) is 26.8. The Kier molecular flexibility index (Phi) is 13.1. The Bertz CT molecular complexity index is 2040. The van der Waals surface area contributed by atoms with Crippen LogP contribution in [0.25, 0.3) is 11.1 Å². The highest BCUT2D eigenvalue weighted by atomic mass is 16.5. The molecule has 0 bridgehead atoms. The summed E-state index contributed by atoms with van der Waals surface area (Å²) in [5.74, 6) is -1.10. The highest BCUT2D eigenvalue weighted by molar-refractivity contribution is 6.24. The van der Waals surface area contributed by atoms with E-state index in [4.69, 9.17) is 4.74 Å². The fraction of sp³-hybridized carbons (Fsp3) is 0.326. The molecule has 1 unspecified atom stereocenters. The first-order valence-corrected chi connectivity index (χ1v) is 19.4. The van der Waals surface area contributed by atoms with Gasteiger partial charge in [0, 0.05) is 19.9 Å². The van der Waals surface area contributed by atoms with Gasteiger partial charge in [-0.2, -0.15) is 0 Å². The lowest BCUT2D eigenvalue weighted by molar-refractivity contribution is -0.136. The average molecular weight is 740 g/mol. The fourth-order valence-electron chi connectivity index (χ4n) is 7.53. The number of nitrogens with zero attached hydrogens (tertiary/aromatic N) is 2. The van der Waals surface area contributed by atoms with Gasteiger partial charge in [0.2, 0.25) is 17.7 Å². The van der Waals surface area contributed by atoms with Gasteiger partial charge in [0.05, 0.1) is 17.7 Å². The van der Waals surface area contributed by atoms with Crippen LogP contribution in [-0.2, 0) is 20.8 Å². The Hall–Kier alpha value is -5.83. The molecule has 0 spiro atoms. The molecule has 2 aliphatic heterocycles. The SMILES string of the molecule is CC/C(=C(\c1ccccc1)c1ccc(OCCN(C)C(=O)CCCCCCCc2cccc3c2C(=O)N(C2CCC(=O)NC2=O)C3=O)cc1)c1ccccc1. The van der Waals surface area contributed by atoms with E-state index < -0.39 is 29.7 Å². The maximum absolute atomic E-state index is 13.3. The Labute approximate surface area is 323 Å². The highest BCUT2D eigenvalue weighted by Gasteiger charge is 2.45. The van der Waals surface area contributed by atoms with Crippen molar-refractivity contribution in [2.24, 2.45) is 0 Å². The van der Waals surface area contributed by atoms with E-state index in [9.17, 15) is 24.0 Å². The first kappa shape index (κ1) is 38.9. The van der Waals surface area contributed by atoms with Crippen LogP contribution in [0.4, 0.5) is 0 Å². The van der Waals surface area contributed by atoms with Gasteiger partial charge in [0.1, 0.15) is 18.4 Å². The molecule has 2 heterocycles. The van der Waals surface area contributed by atoms with Crippen LogP contribution < -0.4 is 10.1 Å². The number of benzene rings is 4. The number of hydrogen-bond acceptors (Lipinski definition) is 6. The summed E-state index contributed by atoms with van der Waals surface area (Å²) in [5, 5.41) is 2.24. The number of carbonyl (C=O) groups is 5. The van der Waals surface area contributed by atoms with Crippen molar-refractivity contribution in [1.82, 2.24) is 15.1 Å². The van der Waals surface area contributed by atoms with E-state index in [1.54, 1.807) is 17.0 Å². The molecule has 0 aliphatic carbocycles. The second kappa shape index (κ2) is 18.5. The van der Waals surface area contributed by atoms with E-state index in [0.717, 1.165) is 60.3 Å². The van der Waals surface area contributed by atoms with Crippen molar-refractivity contribution in [3.05, 3.63) is 137 Å². The molecule has 0 saturated carbocycles. The molecule has 5 amide bonds. The molecule has 4 aromatic carbocycles. The second-order valence-electron chi connectivity index (χ2n) is 14.2. The van der Waals surface area contributed by atoms with Gasteiger partial charge in [-0.05, 0) is 83.7 Å². The molecule has 2 aliphatic rings. The monoisotopic (exact) mass is 739 g/mol. The molecule has 55 heavy (non-hydrogen) atoms. The van der Waals surface area contributed by atoms with E-state index in [2.05, 4.69) is 72.9 Å². The zero-order chi connectivity index (χ0) is 38.7. The van der Waals surface area contributed by atoms with Crippen molar-refractivity contribution in [2.75, 3.05) is 20.2 Å². The van der Waals surface area contributed by atoms with Gasteiger partial charge in [-0.25, -0.2) is 0 Å². The number of amides is 5. The molecule has 9 nitrogen and oxygen atoms in total. The van der Waals surface area contributed by atoms with Gasteiger partial charge in [-0.1, -0.05) is 111 Å². The van der Waals surface area contributed by atoms with Gasteiger partial charge in [0.25, 0.3) is 11.8 Å². The van der Waals surface area contributed by atoms with Gasteiger partial charge >= 0.3 is 0 Å². The number of rotatable bonds is 17. The van der Waals surface area contributed by atoms with Crippen molar-refractivity contribution < 1.29 is 28.7 Å². The molecule has 6 rings (SSSR count). The largest absolute Gasteiger partial charge is 0.492 e. The quantitative estimate of drug-likeness (QED) is 0.0670. The topological polar surface area (TPSA) is 113 Å². The lowest BCUT2D eigenvalue weighted by atomic mass is 9.88. The number of ether oxygens (including phenoxy) is 1. The lowest BCUT2D eigenvalue weighted by Crippen LogP contribution is -2.54. The molecule has 284 valence electrons. The van der Waals surface area contributed by atoms with Crippen LogP contribution in [0.3, 0.4) is 0 Å². The van der Waals surface area contributed by atoms with E-state index in [1.165, 1.54) is 22.3 Å². The summed E-state index contributed by atoms with van der Waals surface area (Å²) < 4.78 is 6.05. The number of nitrogens with one attached hydrogen (secondary N) is 1. The summed E-state index contributed by atoms with van der Waals surface area (Å²) in [4.78, 5) is 66.0. The molecular weight excluding hydrogens is 691 g/mol. The maximum Gasteiger partial charge on any atom is 0.262 e. The van der Waals surface area contributed by atoms with E-state index in [0.29, 0.717) is 37.1 Å². The van der Waals surface area contributed by atoms with Crippen molar-refractivity contribution in [2.45, 2.75) is 77.2 Å². The predicted octanol–water partition coefficient (Wildman–Crippen LogP) is 7.88. The zero-order valence-corrected chi connectivity index (χ0v) is 31.7. The van der Waals surface area contributed by atoms with Gasteiger partial charge in [-0.15, -0.1) is 0 Å². The molecule has 1 N–H and O–H groups in total. The number of imide groups is 2. The van der Waals surface area contributed by atoms with E-state index >= 15 is 0 Å². The number of carbonyl (C=O) groups excluding carboxylic acids is 5. The number of aryl methyl sites for hydroxylation is 1. The maximum atomic E-state index is 13.3. The standard InChI is InChI=1S/C46H49N3O6/c1-3-37(32-16-10-7-11-17-32)42(33-18-12-8-13-19-33)35-24-26-36(27-25-35)55-31-30-48(2)41(51)23-14-6-4-5-9-20-34-21-15-22-38-43(34)46(54)49(45(38)53)39-28-29-40(50)47-44(39)52/h7-8,10-13,15-19,21-22,24-27,39H,3-6,9,14,20,23,28-31H2,1-2H3,(H,47,50,52)/b42-37-. The van der Waals surface area contributed by atoms with Crippen LogP contribution in [0.5, 0.6) is 5.75 Å². The first-order valence-electron chi connectivity index (χ1n) is 19.4. The smallest absolute Gasteiger partial charge is 0.262 e. The van der Waals surface area contributed by atoms with Crippen molar-refractivity contribution >= 4 is 40.7 Å². The van der Waals surface area contributed by atoms with Crippen LogP contribution in [0.2, 0.25) is 0 Å². The minimum atomic E-state index is -0.971. The minimum absolute atomic E-state index is 0.0906. The van der Waals surface area contributed by atoms with Gasteiger partial charge in [-0.3, -0.25) is 34.2 Å². The number of allylic oxidation sites excluding steroid dienone is 1. The molecule has 1 saturated heterocycles. The third-order valence-electron chi connectivity index (χ3n) is 10.5. The van der Waals surface area contributed by atoms with Crippen molar-refractivity contribution in [3.63, 3.8) is 0 Å². The molecule has 9 heteroatoms. The van der Waals surface area contributed by atoms with E-state index in [-0.39, 0.29) is 18.7 Å². The average Bonchev–Trinajstić information content (AvgIpc) is 3.46. The Balaban J connectivity index is 0.915. The predicted molar refractivity (Wildman–Crippen MR) is 213 cm³/mol. The third-order valence-corrected chi connectivity index (χ3v) is 10.5. The lowest BCUT2D eigenvalue weighted by Gasteiger charge is -2.27. The highest BCUT2D eigenvalue weighted by Crippen LogP contribution is 2.35. The minimum Gasteiger partial charge on any atom is -0.492 e. The summed E-state index contributed by atoms with van der Waals surface area (Å²) >= 11 is 0.